The number of nitrogens with one attached hydrogen (secondary N) is 2. The van der Waals surface area contributed by atoms with Gasteiger partial charge in [-0.3, -0.25) is 4.79 Å². The average molecular weight is 276 g/mol. The second kappa shape index (κ2) is 7.41. The summed E-state index contributed by atoms with van der Waals surface area (Å²) in [6.45, 7) is 3.70. The van der Waals surface area contributed by atoms with E-state index in [0.29, 0.717) is 31.7 Å². The lowest BCUT2D eigenvalue weighted by Gasteiger charge is -2.37. The number of benzene rings is 1. The monoisotopic (exact) mass is 276 g/mol. The molecule has 1 aliphatic rings. The molecule has 110 valence electrons. The molecule has 1 amide bonds. The number of methoxy groups -OCH3 is 1. The average Bonchev–Trinajstić information content (AvgIpc) is 2.39. The summed E-state index contributed by atoms with van der Waals surface area (Å²) < 4.78 is 4.89. The molecule has 0 aliphatic heterocycles. The van der Waals surface area contributed by atoms with Crippen molar-refractivity contribution in [2.24, 2.45) is 0 Å². The Morgan fingerprint density at radius 2 is 2.10 bits per heavy atom. The van der Waals surface area contributed by atoms with Crippen LogP contribution in [-0.4, -0.2) is 38.8 Å². The molecule has 1 saturated carbocycles. The second-order valence-corrected chi connectivity index (χ2v) is 5.45. The van der Waals surface area contributed by atoms with Crippen LogP contribution < -0.4 is 10.6 Å². The second-order valence-electron chi connectivity index (χ2n) is 5.45. The van der Waals surface area contributed by atoms with Crippen LogP contribution in [0.1, 0.15) is 29.9 Å². The molecule has 0 aromatic heterocycles. The minimum absolute atomic E-state index is 0.0430. The minimum atomic E-state index is 0.0430. The van der Waals surface area contributed by atoms with Crippen molar-refractivity contribution >= 4 is 5.91 Å². The van der Waals surface area contributed by atoms with Gasteiger partial charge in [-0.2, -0.15) is 0 Å². The van der Waals surface area contributed by atoms with Crippen LogP contribution in [0.25, 0.3) is 0 Å². The Morgan fingerprint density at radius 1 is 1.35 bits per heavy atom. The molecule has 20 heavy (non-hydrogen) atoms. The van der Waals surface area contributed by atoms with E-state index in [2.05, 4.69) is 41.8 Å². The van der Waals surface area contributed by atoms with Crippen LogP contribution in [0.3, 0.4) is 0 Å². The molecule has 0 saturated heterocycles. The molecule has 4 nitrogen and oxygen atoms in total. The van der Waals surface area contributed by atoms with Gasteiger partial charge in [-0.05, 0) is 36.8 Å². The van der Waals surface area contributed by atoms with E-state index in [4.69, 9.17) is 4.74 Å². The maximum absolute atomic E-state index is 11.5. The molecule has 0 bridgehead atoms. The maximum Gasteiger partial charge on any atom is 0.234 e. The van der Waals surface area contributed by atoms with Crippen molar-refractivity contribution in [3.63, 3.8) is 0 Å². The van der Waals surface area contributed by atoms with E-state index < -0.39 is 0 Å². The van der Waals surface area contributed by atoms with Gasteiger partial charge in [-0.25, -0.2) is 0 Å². The van der Waals surface area contributed by atoms with E-state index in [1.807, 2.05) is 0 Å². The Balaban J connectivity index is 1.65. The Labute approximate surface area is 120 Å². The zero-order valence-corrected chi connectivity index (χ0v) is 12.3. The first kappa shape index (κ1) is 15.0. The number of hydrogen-bond acceptors (Lipinski definition) is 3. The summed E-state index contributed by atoms with van der Waals surface area (Å²) in [4.78, 5) is 11.5. The van der Waals surface area contributed by atoms with Gasteiger partial charge in [0.1, 0.15) is 0 Å². The third-order valence-corrected chi connectivity index (χ3v) is 3.95. The summed E-state index contributed by atoms with van der Waals surface area (Å²) >= 11 is 0. The molecule has 1 aromatic rings. The molecular weight excluding hydrogens is 252 g/mol. The van der Waals surface area contributed by atoms with Crippen molar-refractivity contribution in [3.05, 3.63) is 35.4 Å². The molecular formula is C16H24N2O2. The van der Waals surface area contributed by atoms with E-state index in [-0.39, 0.29) is 5.91 Å². The Kier molecular flexibility index (Phi) is 5.56. The summed E-state index contributed by atoms with van der Waals surface area (Å²) in [6.07, 6.45) is 2.24. The van der Waals surface area contributed by atoms with Gasteiger partial charge in [0, 0.05) is 19.7 Å². The van der Waals surface area contributed by atoms with Crippen molar-refractivity contribution in [1.29, 1.82) is 0 Å². The fourth-order valence-corrected chi connectivity index (χ4v) is 2.68. The number of rotatable bonds is 7. The first-order valence-electron chi connectivity index (χ1n) is 7.25. The van der Waals surface area contributed by atoms with Gasteiger partial charge >= 0.3 is 0 Å². The van der Waals surface area contributed by atoms with Gasteiger partial charge < -0.3 is 15.4 Å². The number of carbonyl (C=O) groups excluding carboxylic acids is 1. The minimum Gasteiger partial charge on any atom is -0.383 e. The van der Waals surface area contributed by atoms with E-state index >= 15 is 0 Å². The van der Waals surface area contributed by atoms with Crippen LogP contribution in [-0.2, 0) is 9.53 Å². The van der Waals surface area contributed by atoms with Crippen molar-refractivity contribution in [1.82, 2.24) is 10.6 Å². The SMILES string of the molecule is COCCNC(=O)CNC1CC(c2ccccc2C)C1. The fourth-order valence-electron chi connectivity index (χ4n) is 2.68. The predicted molar refractivity (Wildman–Crippen MR) is 79.8 cm³/mol. The van der Waals surface area contributed by atoms with E-state index in [0.717, 1.165) is 12.8 Å². The van der Waals surface area contributed by atoms with Gasteiger partial charge in [-0.1, -0.05) is 24.3 Å². The van der Waals surface area contributed by atoms with E-state index in [9.17, 15) is 4.79 Å². The highest BCUT2D eigenvalue weighted by molar-refractivity contribution is 5.78. The molecule has 1 aliphatic carbocycles. The highest BCUT2D eigenvalue weighted by atomic mass is 16.5. The van der Waals surface area contributed by atoms with Crippen molar-refractivity contribution < 1.29 is 9.53 Å². The highest BCUT2D eigenvalue weighted by Crippen LogP contribution is 2.38. The zero-order chi connectivity index (χ0) is 14.4. The van der Waals surface area contributed by atoms with Gasteiger partial charge in [-0.15, -0.1) is 0 Å². The molecule has 1 fully saturated rings. The largest absolute Gasteiger partial charge is 0.383 e. The summed E-state index contributed by atoms with van der Waals surface area (Å²) in [5, 5.41) is 6.12. The van der Waals surface area contributed by atoms with Crippen LogP contribution in [0, 0.1) is 6.92 Å². The maximum atomic E-state index is 11.5. The lowest BCUT2D eigenvalue weighted by atomic mass is 9.74. The normalized spacial score (nSPS) is 21.3. The standard InChI is InChI=1S/C16H24N2O2/c1-12-5-3-4-6-15(12)13-9-14(10-13)18-11-16(19)17-7-8-20-2/h3-6,13-14,18H,7-11H2,1-2H3,(H,17,19). The van der Waals surface area contributed by atoms with E-state index in [1.54, 1.807) is 7.11 Å². The highest BCUT2D eigenvalue weighted by Gasteiger charge is 2.30. The number of hydrogen-bond donors (Lipinski definition) is 2. The van der Waals surface area contributed by atoms with E-state index in [1.165, 1.54) is 11.1 Å². The molecule has 0 radical (unpaired) electrons. The number of carbonyl (C=O) groups is 1. The Morgan fingerprint density at radius 3 is 2.80 bits per heavy atom. The van der Waals surface area contributed by atoms with Crippen molar-refractivity contribution in [3.8, 4) is 0 Å². The molecule has 0 unspecified atom stereocenters. The summed E-state index contributed by atoms with van der Waals surface area (Å²) in [5.74, 6) is 0.687. The third kappa shape index (κ3) is 4.05. The first-order chi connectivity index (χ1) is 9.70. The van der Waals surface area contributed by atoms with Gasteiger partial charge in [0.05, 0.1) is 13.2 Å². The van der Waals surface area contributed by atoms with Crippen LogP contribution in [0.15, 0.2) is 24.3 Å². The van der Waals surface area contributed by atoms with Crippen molar-refractivity contribution in [2.45, 2.75) is 31.7 Å². The number of amides is 1. The van der Waals surface area contributed by atoms with Crippen LogP contribution >= 0.6 is 0 Å². The molecule has 0 heterocycles. The fraction of sp³-hybridized carbons (Fsp3) is 0.562. The third-order valence-electron chi connectivity index (χ3n) is 3.95. The summed E-state index contributed by atoms with van der Waals surface area (Å²) in [7, 11) is 1.63. The summed E-state index contributed by atoms with van der Waals surface area (Å²) in [6, 6.07) is 9.03. The van der Waals surface area contributed by atoms with Crippen LogP contribution in [0.2, 0.25) is 0 Å². The topological polar surface area (TPSA) is 50.4 Å². The molecule has 0 spiro atoms. The lowest BCUT2D eigenvalue weighted by molar-refractivity contribution is -0.120. The lowest BCUT2D eigenvalue weighted by Crippen LogP contribution is -2.45. The predicted octanol–water partition coefficient (Wildman–Crippen LogP) is 1.59. The van der Waals surface area contributed by atoms with Gasteiger partial charge in [0.25, 0.3) is 0 Å². The molecule has 4 heteroatoms. The Hall–Kier alpha value is -1.39. The zero-order valence-electron chi connectivity index (χ0n) is 12.3. The quantitative estimate of drug-likeness (QED) is 0.744. The van der Waals surface area contributed by atoms with Crippen LogP contribution in [0.5, 0.6) is 0 Å². The Bertz CT molecular complexity index is 442. The summed E-state index contributed by atoms with van der Waals surface area (Å²) in [5.41, 5.74) is 2.82. The van der Waals surface area contributed by atoms with Gasteiger partial charge in [0.15, 0.2) is 0 Å². The first-order valence-corrected chi connectivity index (χ1v) is 7.25. The van der Waals surface area contributed by atoms with Crippen molar-refractivity contribution in [2.75, 3.05) is 26.8 Å². The molecule has 2 rings (SSSR count). The smallest absolute Gasteiger partial charge is 0.234 e. The number of ether oxygens (including phenoxy) is 1. The molecule has 1 aromatic carbocycles. The molecule has 0 atom stereocenters. The molecule has 2 N–H and O–H groups in total. The van der Waals surface area contributed by atoms with Gasteiger partial charge in [0.2, 0.25) is 5.91 Å². The van der Waals surface area contributed by atoms with Crippen LogP contribution in [0.4, 0.5) is 0 Å². The number of aryl methyl sites for hydroxylation is 1.